The van der Waals surface area contributed by atoms with Crippen LogP contribution in [0.1, 0.15) is 332 Å². The number of amides is 2. The van der Waals surface area contributed by atoms with Crippen molar-refractivity contribution in [3.8, 4) is 17.2 Å². The molecule has 16 rings (SSSR count). The van der Waals surface area contributed by atoms with Crippen molar-refractivity contribution < 1.29 is 33.3 Å². The Morgan fingerprint density at radius 3 is 1.45 bits per heavy atom. The Morgan fingerprint density at radius 2 is 0.858 bits per heavy atom. The van der Waals surface area contributed by atoms with Gasteiger partial charge in [-0.05, 0) is 318 Å². The van der Waals surface area contributed by atoms with Crippen molar-refractivity contribution in [1.29, 1.82) is 0 Å². The number of ether oxygens (including phenoxy) is 5. The average molecular weight is 1550 g/mol. The molecule has 9 nitrogen and oxygen atoms in total. The molecule has 0 unspecified atom stereocenters. The summed E-state index contributed by atoms with van der Waals surface area (Å²) in [6.07, 6.45) is 14.0. The minimum Gasteiger partial charge on any atom is -0.496 e. The van der Waals surface area contributed by atoms with Crippen molar-refractivity contribution in [1.82, 2.24) is 10.2 Å². The Balaban J connectivity index is 0.000000148. The number of methoxy groups -OCH3 is 1. The number of rotatable bonds is 9. The van der Waals surface area contributed by atoms with E-state index in [9.17, 15) is 9.59 Å². The quantitative estimate of drug-likeness (QED) is 0.154. The van der Waals surface area contributed by atoms with E-state index in [1.54, 1.807) is 29.4 Å². The number of aryl methyl sites for hydroxylation is 6. The minimum atomic E-state index is 0.0816. The van der Waals surface area contributed by atoms with Crippen LogP contribution < -0.4 is 19.5 Å². The van der Waals surface area contributed by atoms with Gasteiger partial charge >= 0.3 is 0 Å². The predicted octanol–water partition coefficient (Wildman–Crippen LogP) is 25.8. The lowest BCUT2D eigenvalue weighted by atomic mass is 9.84. The summed E-state index contributed by atoms with van der Waals surface area (Å²) < 4.78 is 29.1. The number of hydrogen-bond acceptors (Lipinski definition) is 8. The number of benzene rings is 8. The molecule has 113 heavy (non-hydrogen) atoms. The zero-order valence-corrected chi connectivity index (χ0v) is 74.3. The summed E-state index contributed by atoms with van der Waals surface area (Å²) in [5.41, 5.74) is 33.3. The fourth-order valence-electron chi connectivity index (χ4n) is 18.4. The molecule has 6 aliphatic heterocycles. The van der Waals surface area contributed by atoms with E-state index in [1.165, 1.54) is 154 Å². The fraction of sp³-hybridized carbons (Fsp3) is 0.495. The zero-order valence-electron chi connectivity index (χ0n) is 73.5. The molecule has 0 atom stereocenters. The molecule has 0 radical (unpaired) electrons. The minimum absolute atomic E-state index is 0.0816. The van der Waals surface area contributed by atoms with Crippen LogP contribution >= 0.6 is 11.3 Å². The highest BCUT2D eigenvalue weighted by Gasteiger charge is 2.28. The first-order valence-corrected chi connectivity index (χ1v) is 43.7. The average Bonchev–Trinajstić information content (AvgIpc) is 1.76. The molecule has 10 heteroatoms. The van der Waals surface area contributed by atoms with E-state index >= 15 is 0 Å². The van der Waals surface area contributed by atoms with Gasteiger partial charge in [-0.2, -0.15) is 0 Å². The molecule has 1 N–H and O–H groups in total. The van der Waals surface area contributed by atoms with Gasteiger partial charge in [-0.15, -0.1) is 11.3 Å². The lowest BCUT2D eigenvalue weighted by molar-refractivity contribution is 0.0780. The molecule has 2 amide bonds. The van der Waals surface area contributed by atoms with Crippen LogP contribution in [0.15, 0.2) is 121 Å². The Kier molecular flexibility index (Phi) is 33.1. The number of likely N-dealkylation sites (N-methyl/N-ethyl adjacent to an activating group) is 1. The van der Waals surface area contributed by atoms with Crippen LogP contribution in [0.3, 0.4) is 0 Å². The van der Waals surface area contributed by atoms with Crippen molar-refractivity contribution in [2.24, 2.45) is 0 Å². The van der Waals surface area contributed by atoms with Gasteiger partial charge in [0.15, 0.2) is 0 Å². The second-order valence-corrected chi connectivity index (χ2v) is 35.7. The highest BCUT2D eigenvalue weighted by molar-refractivity contribution is 7.19. The topological polar surface area (TPSA) is 95.6 Å². The number of hydrogen-bond donors (Lipinski definition) is 1. The van der Waals surface area contributed by atoms with Crippen molar-refractivity contribution in [3.05, 3.63) is 260 Å². The van der Waals surface area contributed by atoms with Crippen LogP contribution in [0, 0.1) is 34.6 Å². The lowest BCUT2D eigenvalue weighted by Gasteiger charge is -2.28. The largest absolute Gasteiger partial charge is 0.496 e. The molecule has 9 aromatic rings. The van der Waals surface area contributed by atoms with Crippen LogP contribution in [-0.2, 0) is 74.1 Å². The Labute approximate surface area is 686 Å². The predicted molar refractivity (Wildman–Crippen MR) is 478 cm³/mol. The van der Waals surface area contributed by atoms with Crippen LogP contribution in [0.4, 0.5) is 0 Å². The second-order valence-electron chi connectivity index (χ2n) is 34.5. The van der Waals surface area contributed by atoms with Gasteiger partial charge in [0.05, 0.1) is 46.8 Å². The Bertz CT molecular complexity index is 4520. The van der Waals surface area contributed by atoms with Crippen LogP contribution in [0.2, 0.25) is 0 Å². The summed E-state index contributed by atoms with van der Waals surface area (Å²) in [5.74, 6) is 8.20. The molecule has 7 heterocycles. The van der Waals surface area contributed by atoms with Gasteiger partial charge in [0.2, 0.25) is 0 Å². The first kappa shape index (κ1) is 88.9. The van der Waals surface area contributed by atoms with Crippen LogP contribution in [0.5, 0.6) is 17.2 Å². The van der Waals surface area contributed by atoms with Gasteiger partial charge in [-0.1, -0.05) is 196 Å². The number of carbonyl (C=O) groups excluding carboxylic acids is 2. The monoisotopic (exact) mass is 1550 g/mol. The summed E-state index contributed by atoms with van der Waals surface area (Å²) in [6.45, 7) is 53.5. The van der Waals surface area contributed by atoms with Crippen molar-refractivity contribution in [3.63, 3.8) is 0 Å². The standard InChI is InChI=1S/C14H19NO.C14H20O.C13H17NO.2C13H18O.2C12H16O.C12H14S/c1-9(2)13-10(3)5-6-12-11(13)7-8-15(4)14(12)16;1-10(2)14-12-7-5-4-6-11(12)8-9-13(14)15-3;1-8(2)12-9(3)4-5-11-10(12)6-7-14-13(11)15;1-9(2)13-10(3)4-5-11-8-14-7-6-12(11)13;1-9(2)13-10(3)6-7-12-11(13)5-4-8-14-12;1-9(2)10-5-3-7-12-11(10)6-4-8-13-12;1-9(2)11-5-3-4-10-8-13-7-6-12(10)11;1-8(2)12-9(3)13-11-7-5-4-6-10(11)12/h5-6,9H,7-8H2,1-4H3;8-10H,4-7H2,1-3H3;4-5,8H,6-7H2,1-3H3,(H,14,15);4-5,9H,6-8H2,1-3H3;6-7,9H,4-5,8H2,1-3H3;3,5,7,9H,4,6,8H2,1-2H3;3-5,9H,6-8H2,1-2H3;4-8H,1-3H3. The van der Waals surface area contributed by atoms with Crippen molar-refractivity contribution in [2.75, 3.05) is 53.7 Å². The molecule has 0 saturated carbocycles. The number of nitrogens with one attached hydrogen (secondary N) is 1. The molecule has 0 saturated heterocycles. The summed E-state index contributed by atoms with van der Waals surface area (Å²) in [5, 5.41) is 4.33. The van der Waals surface area contributed by atoms with E-state index in [1.807, 2.05) is 35.4 Å². The lowest BCUT2D eigenvalue weighted by Crippen LogP contribution is -2.35. The second kappa shape index (κ2) is 42.0. The van der Waals surface area contributed by atoms with Gasteiger partial charge in [-0.3, -0.25) is 9.59 Å². The molecule has 0 spiro atoms. The van der Waals surface area contributed by atoms with Gasteiger partial charge in [0.1, 0.15) is 17.2 Å². The first-order chi connectivity index (χ1) is 54.0. The van der Waals surface area contributed by atoms with E-state index < -0.39 is 0 Å². The third-order valence-corrected chi connectivity index (χ3v) is 24.6. The number of fused-ring (bicyclic) bond motifs is 8. The summed E-state index contributed by atoms with van der Waals surface area (Å²) in [6, 6.07) is 42.8. The Hall–Kier alpha value is -8.02. The van der Waals surface area contributed by atoms with E-state index in [-0.39, 0.29) is 11.8 Å². The zero-order chi connectivity index (χ0) is 81.9. The molecule has 7 aliphatic rings. The molecular weight excluding hydrogens is 1410 g/mol. The highest BCUT2D eigenvalue weighted by Crippen LogP contribution is 2.40. The maximum absolute atomic E-state index is 12.0. The molecule has 1 aliphatic carbocycles. The van der Waals surface area contributed by atoms with Crippen molar-refractivity contribution >= 4 is 33.2 Å². The van der Waals surface area contributed by atoms with E-state index in [0.717, 1.165) is 120 Å². The van der Waals surface area contributed by atoms with Gasteiger partial charge in [0, 0.05) is 46.4 Å². The molecule has 608 valence electrons. The number of thiophene rings is 1. The smallest absolute Gasteiger partial charge is 0.253 e. The van der Waals surface area contributed by atoms with Crippen LogP contribution in [-0.4, -0.2) is 70.4 Å². The molecule has 1 aromatic heterocycles. The normalized spacial score (nSPS) is 14.9. The fourth-order valence-corrected chi connectivity index (χ4v) is 19.6. The number of nitrogens with zero attached hydrogens (tertiary/aromatic N) is 1. The maximum atomic E-state index is 12.0. The third kappa shape index (κ3) is 22.3. The van der Waals surface area contributed by atoms with Gasteiger partial charge in [0.25, 0.3) is 11.8 Å². The van der Waals surface area contributed by atoms with Crippen molar-refractivity contribution in [2.45, 2.75) is 283 Å². The van der Waals surface area contributed by atoms with Gasteiger partial charge < -0.3 is 33.9 Å². The number of carbonyl (C=O) groups is 2. The van der Waals surface area contributed by atoms with Crippen LogP contribution in [0.25, 0.3) is 10.1 Å². The molecule has 0 fully saturated rings. The van der Waals surface area contributed by atoms with Gasteiger partial charge in [-0.25, -0.2) is 0 Å². The highest BCUT2D eigenvalue weighted by atomic mass is 32.1. The summed E-state index contributed by atoms with van der Waals surface area (Å²) in [4.78, 5) is 27.0. The van der Waals surface area contributed by atoms with E-state index in [2.05, 4.69) is 260 Å². The van der Waals surface area contributed by atoms with E-state index in [4.69, 9.17) is 23.7 Å². The third-order valence-electron chi connectivity index (χ3n) is 23.5. The van der Waals surface area contributed by atoms with E-state index in [0.29, 0.717) is 47.3 Å². The summed E-state index contributed by atoms with van der Waals surface area (Å²) in [7, 11) is 3.65. The molecular formula is C103H138N2O7S. The Morgan fingerprint density at radius 1 is 0.389 bits per heavy atom. The molecule has 0 bridgehead atoms. The first-order valence-electron chi connectivity index (χ1n) is 42.9. The molecule has 8 aromatic carbocycles. The SMILES string of the molecule is CC(C)c1cccc2c1CCCO2.CC(C)c1cccc2c1CCOC2.COc1ccc2c(c1C(C)C)CCCC2.Cc1ccc2c(c1C(C)C)CCCO2.Cc1ccc2c(c1C(C)C)CCN(C)C2=O.Cc1ccc2c(c1C(C)C)CCNC2=O.Cc1ccc2c(c1C(C)C)CCOC2.Cc1sc2ccccc2c1C(C)C. The maximum Gasteiger partial charge on any atom is 0.253 e. The summed E-state index contributed by atoms with van der Waals surface area (Å²) >= 11 is 1.91.